The van der Waals surface area contributed by atoms with E-state index in [-0.39, 0.29) is 11.8 Å². The molecule has 1 aliphatic rings. The number of fused-ring (bicyclic) bond motifs is 1. The molecule has 0 spiro atoms. The maximum Gasteiger partial charge on any atom is 0.257 e. The summed E-state index contributed by atoms with van der Waals surface area (Å²) < 4.78 is 11.1. The lowest BCUT2D eigenvalue weighted by Gasteiger charge is -2.30. The second-order valence-electron chi connectivity index (χ2n) is 7.47. The van der Waals surface area contributed by atoms with Crippen LogP contribution in [0.5, 0.6) is 5.75 Å². The van der Waals surface area contributed by atoms with E-state index in [2.05, 4.69) is 15.2 Å². The standard InChI is InChI=1S/C23H22N4O3/c1-29-17-8-6-15(7-9-17)21-18(14-24-26-21)23(28)27-12-10-16(11-13-27)22-25-19-4-2-3-5-20(19)30-22/h2-9,14,16H,10-13H2,1H3,(H,24,26). The number of oxazole rings is 1. The van der Waals surface area contributed by atoms with Gasteiger partial charge in [-0.25, -0.2) is 4.98 Å². The SMILES string of the molecule is COc1ccc(-c2[nH]ncc2C(=O)N2CCC(c3nc4ccccc4o3)CC2)cc1. The second-order valence-corrected chi connectivity index (χ2v) is 7.47. The van der Waals surface area contributed by atoms with E-state index in [1.807, 2.05) is 53.4 Å². The van der Waals surface area contributed by atoms with Crippen LogP contribution in [0.3, 0.4) is 0 Å². The molecule has 4 aromatic rings. The van der Waals surface area contributed by atoms with E-state index in [0.29, 0.717) is 18.7 Å². The minimum atomic E-state index is -0.00872. The highest BCUT2D eigenvalue weighted by molar-refractivity contribution is 5.99. The number of nitrogens with zero attached hydrogens (tertiary/aromatic N) is 3. The summed E-state index contributed by atoms with van der Waals surface area (Å²) in [5, 5.41) is 7.08. The molecule has 30 heavy (non-hydrogen) atoms. The third kappa shape index (κ3) is 3.32. The monoisotopic (exact) mass is 402 g/mol. The van der Waals surface area contributed by atoms with Gasteiger partial charge in [-0.3, -0.25) is 9.89 Å². The fourth-order valence-electron chi connectivity index (χ4n) is 3.99. The molecule has 0 unspecified atom stereocenters. The van der Waals surface area contributed by atoms with Crippen LogP contribution >= 0.6 is 0 Å². The molecule has 0 saturated carbocycles. The average Bonchev–Trinajstić information content (AvgIpc) is 3.46. The first kappa shape index (κ1) is 18.4. The number of hydrogen-bond acceptors (Lipinski definition) is 5. The number of aromatic amines is 1. The number of H-pyrrole nitrogens is 1. The number of carbonyl (C=O) groups is 1. The molecule has 3 heterocycles. The Morgan fingerprint density at radius 2 is 1.90 bits per heavy atom. The summed E-state index contributed by atoms with van der Waals surface area (Å²) in [6.07, 6.45) is 3.26. The van der Waals surface area contributed by atoms with Gasteiger partial charge in [-0.1, -0.05) is 12.1 Å². The Morgan fingerprint density at radius 3 is 2.63 bits per heavy atom. The van der Waals surface area contributed by atoms with Crippen LogP contribution < -0.4 is 4.74 Å². The summed E-state index contributed by atoms with van der Waals surface area (Å²) in [5.41, 5.74) is 3.91. The number of methoxy groups -OCH3 is 1. The Bertz CT molecular complexity index is 1140. The van der Waals surface area contributed by atoms with E-state index < -0.39 is 0 Å². The van der Waals surface area contributed by atoms with Crippen LogP contribution in [-0.4, -0.2) is 46.2 Å². The zero-order chi connectivity index (χ0) is 20.5. The molecule has 1 fully saturated rings. The Hall–Kier alpha value is -3.61. The molecule has 7 nitrogen and oxygen atoms in total. The quantitative estimate of drug-likeness (QED) is 0.552. The molecule has 0 aliphatic carbocycles. The van der Waals surface area contributed by atoms with Gasteiger partial charge in [0.1, 0.15) is 11.3 Å². The molecular formula is C23H22N4O3. The zero-order valence-corrected chi connectivity index (χ0v) is 16.7. The van der Waals surface area contributed by atoms with Gasteiger partial charge in [0.2, 0.25) is 0 Å². The van der Waals surface area contributed by atoms with Gasteiger partial charge in [-0.2, -0.15) is 5.10 Å². The van der Waals surface area contributed by atoms with Gasteiger partial charge in [0.15, 0.2) is 11.5 Å². The van der Waals surface area contributed by atoms with Crippen molar-refractivity contribution >= 4 is 17.0 Å². The maximum absolute atomic E-state index is 13.2. The molecule has 1 saturated heterocycles. The third-order valence-corrected chi connectivity index (χ3v) is 5.69. The van der Waals surface area contributed by atoms with Gasteiger partial charge in [0.05, 0.1) is 24.6 Å². The molecule has 2 aromatic heterocycles. The molecule has 152 valence electrons. The summed E-state index contributed by atoms with van der Waals surface area (Å²) in [5.74, 6) is 1.76. The van der Waals surface area contributed by atoms with Gasteiger partial charge in [0, 0.05) is 24.6 Å². The number of para-hydroxylation sites is 2. The number of carbonyl (C=O) groups excluding carboxylic acids is 1. The number of hydrogen-bond donors (Lipinski definition) is 1. The highest BCUT2D eigenvalue weighted by atomic mass is 16.5. The molecule has 0 atom stereocenters. The smallest absolute Gasteiger partial charge is 0.257 e. The van der Waals surface area contributed by atoms with Crippen molar-refractivity contribution in [1.82, 2.24) is 20.1 Å². The third-order valence-electron chi connectivity index (χ3n) is 5.69. The average molecular weight is 402 g/mol. The van der Waals surface area contributed by atoms with Crippen molar-refractivity contribution in [2.45, 2.75) is 18.8 Å². The lowest BCUT2D eigenvalue weighted by atomic mass is 9.96. The van der Waals surface area contributed by atoms with Crippen LogP contribution in [0.1, 0.15) is 35.0 Å². The number of benzene rings is 2. The number of rotatable bonds is 4. The zero-order valence-electron chi connectivity index (χ0n) is 16.7. The van der Waals surface area contributed by atoms with Crippen molar-refractivity contribution in [2.24, 2.45) is 0 Å². The summed E-state index contributed by atoms with van der Waals surface area (Å²) in [7, 11) is 1.63. The number of aromatic nitrogens is 3. The van der Waals surface area contributed by atoms with E-state index in [4.69, 9.17) is 9.15 Å². The molecule has 2 aromatic carbocycles. The van der Waals surface area contributed by atoms with Gasteiger partial charge < -0.3 is 14.1 Å². The van der Waals surface area contributed by atoms with Crippen molar-refractivity contribution in [3.8, 4) is 17.0 Å². The summed E-state index contributed by atoms with van der Waals surface area (Å²) in [4.78, 5) is 19.7. The van der Waals surface area contributed by atoms with E-state index in [1.165, 1.54) is 0 Å². The van der Waals surface area contributed by atoms with Crippen molar-refractivity contribution in [1.29, 1.82) is 0 Å². The predicted octanol–water partition coefficient (Wildman–Crippen LogP) is 4.25. The summed E-state index contributed by atoms with van der Waals surface area (Å²) >= 11 is 0. The number of ether oxygens (including phenoxy) is 1. The van der Waals surface area contributed by atoms with Crippen molar-refractivity contribution in [2.75, 3.05) is 20.2 Å². The maximum atomic E-state index is 13.2. The van der Waals surface area contributed by atoms with Crippen molar-refractivity contribution in [3.63, 3.8) is 0 Å². The highest BCUT2D eigenvalue weighted by Gasteiger charge is 2.29. The Kier molecular flexibility index (Phi) is 4.71. The second kappa shape index (κ2) is 7.67. The molecule has 7 heteroatoms. The van der Waals surface area contributed by atoms with Crippen molar-refractivity contribution < 1.29 is 13.9 Å². The normalized spacial score (nSPS) is 14.9. The predicted molar refractivity (Wildman–Crippen MR) is 112 cm³/mol. The van der Waals surface area contributed by atoms with E-state index in [0.717, 1.165) is 46.8 Å². The first-order chi connectivity index (χ1) is 14.7. The van der Waals surface area contributed by atoms with Crippen LogP contribution in [-0.2, 0) is 0 Å². The first-order valence-electron chi connectivity index (χ1n) is 10.1. The van der Waals surface area contributed by atoms with Gasteiger partial charge >= 0.3 is 0 Å². The van der Waals surface area contributed by atoms with Crippen LogP contribution in [0.2, 0.25) is 0 Å². The molecule has 1 amide bonds. The topological polar surface area (TPSA) is 84.2 Å². The minimum absolute atomic E-state index is 0.00872. The van der Waals surface area contributed by atoms with E-state index >= 15 is 0 Å². The molecule has 0 radical (unpaired) electrons. The Morgan fingerprint density at radius 1 is 1.13 bits per heavy atom. The number of nitrogens with one attached hydrogen (secondary N) is 1. The summed E-state index contributed by atoms with van der Waals surface area (Å²) in [6, 6.07) is 15.4. The Balaban J connectivity index is 1.30. The molecule has 0 bridgehead atoms. The van der Waals surface area contributed by atoms with Crippen LogP contribution in [0.25, 0.3) is 22.4 Å². The largest absolute Gasteiger partial charge is 0.497 e. The lowest BCUT2D eigenvalue weighted by Crippen LogP contribution is -2.38. The van der Waals surface area contributed by atoms with Gasteiger partial charge in [-0.15, -0.1) is 0 Å². The minimum Gasteiger partial charge on any atom is -0.497 e. The fraction of sp³-hybridized carbons (Fsp3) is 0.261. The fourth-order valence-corrected chi connectivity index (χ4v) is 3.99. The van der Waals surface area contributed by atoms with Gasteiger partial charge in [-0.05, 0) is 49.2 Å². The van der Waals surface area contributed by atoms with Crippen molar-refractivity contribution in [3.05, 3.63) is 66.2 Å². The number of piperidine rings is 1. The van der Waals surface area contributed by atoms with Crippen LogP contribution in [0.15, 0.2) is 59.1 Å². The molecule has 1 N–H and O–H groups in total. The number of likely N-dealkylation sites (tertiary alicyclic amines) is 1. The molecular weight excluding hydrogens is 380 g/mol. The van der Waals surface area contributed by atoms with Crippen LogP contribution in [0, 0.1) is 0 Å². The number of amides is 1. The molecule has 5 rings (SSSR count). The Labute approximate surface area is 173 Å². The van der Waals surface area contributed by atoms with E-state index in [9.17, 15) is 4.79 Å². The molecule has 1 aliphatic heterocycles. The van der Waals surface area contributed by atoms with E-state index in [1.54, 1.807) is 13.3 Å². The first-order valence-corrected chi connectivity index (χ1v) is 10.1. The highest BCUT2D eigenvalue weighted by Crippen LogP contribution is 2.31. The van der Waals surface area contributed by atoms with Crippen LogP contribution in [0.4, 0.5) is 0 Å². The lowest BCUT2D eigenvalue weighted by molar-refractivity contribution is 0.0707. The summed E-state index contributed by atoms with van der Waals surface area (Å²) in [6.45, 7) is 1.32. The van der Waals surface area contributed by atoms with Gasteiger partial charge in [0.25, 0.3) is 5.91 Å².